The second-order valence-corrected chi connectivity index (χ2v) is 7.99. The fraction of sp³-hybridized carbons (Fsp3) is 0.400. The van der Waals surface area contributed by atoms with Crippen LogP contribution in [0.1, 0.15) is 41.7 Å². The maximum absolute atomic E-state index is 12.5. The van der Waals surface area contributed by atoms with E-state index in [9.17, 15) is 18.0 Å². The van der Waals surface area contributed by atoms with Gasteiger partial charge in [-0.05, 0) is 49.1 Å². The molecule has 3 rings (SSSR count). The fourth-order valence-corrected chi connectivity index (χ4v) is 3.80. The summed E-state index contributed by atoms with van der Waals surface area (Å²) in [5, 5.41) is 2.92. The van der Waals surface area contributed by atoms with Gasteiger partial charge in [-0.1, -0.05) is 28.1 Å². The van der Waals surface area contributed by atoms with Gasteiger partial charge in [0.25, 0.3) is 5.91 Å². The highest BCUT2D eigenvalue weighted by Crippen LogP contribution is 2.32. The summed E-state index contributed by atoms with van der Waals surface area (Å²) in [6.45, 7) is 2.77. The molecule has 0 radical (unpaired) electrons. The first-order valence-corrected chi connectivity index (χ1v) is 9.84. The Morgan fingerprint density at radius 2 is 2.14 bits per heavy atom. The lowest BCUT2D eigenvalue weighted by atomic mass is 10.1. The Kier molecular flexibility index (Phi) is 6.27. The van der Waals surface area contributed by atoms with Crippen LogP contribution in [0.25, 0.3) is 0 Å². The number of benzene rings is 1. The molecule has 1 saturated heterocycles. The number of hydrogen-bond acceptors (Lipinski definition) is 3. The van der Waals surface area contributed by atoms with Crippen molar-refractivity contribution in [1.82, 2.24) is 10.3 Å². The van der Waals surface area contributed by atoms with Crippen molar-refractivity contribution in [2.45, 2.75) is 32.0 Å². The highest BCUT2D eigenvalue weighted by molar-refractivity contribution is 9.10. The normalized spacial score (nSPS) is 18.2. The predicted octanol–water partition coefficient (Wildman–Crippen LogP) is 5.11. The third-order valence-corrected chi connectivity index (χ3v) is 5.33. The summed E-state index contributed by atoms with van der Waals surface area (Å²) in [6.07, 6.45) is -2.94. The Morgan fingerprint density at radius 1 is 1.36 bits per heavy atom. The molecular formula is C20H21BrF3N3O. The van der Waals surface area contributed by atoms with Gasteiger partial charge in [-0.2, -0.15) is 13.2 Å². The minimum atomic E-state index is -4.14. The number of pyridine rings is 1. The number of nitrogens with one attached hydrogen (secondary N) is 1. The molecule has 0 bridgehead atoms. The fourth-order valence-electron chi connectivity index (χ4n) is 3.38. The molecule has 2 atom stereocenters. The molecule has 150 valence electrons. The monoisotopic (exact) mass is 455 g/mol. The van der Waals surface area contributed by atoms with E-state index in [1.54, 1.807) is 12.1 Å². The summed E-state index contributed by atoms with van der Waals surface area (Å²) < 4.78 is 38.6. The molecule has 1 amide bonds. The lowest BCUT2D eigenvalue weighted by Crippen LogP contribution is -2.27. The maximum atomic E-state index is 12.5. The van der Waals surface area contributed by atoms with Crippen molar-refractivity contribution in [2.75, 3.05) is 18.0 Å². The van der Waals surface area contributed by atoms with Gasteiger partial charge in [-0.3, -0.25) is 4.79 Å². The van der Waals surface area contributed by atoms with E-state index in [2.05, 4.69) is 26.2 Å². The van der Waals surface area contributed by atoms with E-state index in [-0.39, 0.29) is 11.9 Å². The smallest absolute Gasteiger partial charge is 0.356 e. The van der Waals surface area contributed by atoms with Gasteiger partial charge in [-0.15, -0.1) is 0 Å². The number of anilines is 1. The minimum Gasteiger partial charge on any atom is -0.356 e. The SMILES string of the molecule is CC(NC(=O)c1ccc(N2CCC(CC(F)(F)F)C2)nc1)c1cccc(Br)c1. The number of carbonyl (C=O) groups is 1. The first kappa shape index (κ1) is 20.6. The molecule has 0 aliphatic carbocycles. The van der Waals surface area contributed by atoms with Gasteiger partial charge in [0, 0.05) is 30.2 Å². The molecule has 1 fully saturated rings. The highest BCUT2D eigenvalue weighted by atomic mass is 79.9. The largest absolute Gasteiger partial charge is 0.389 e. The number of nitrogens with zero attached hydrogens (tertiary/aromatic N) is 2. The first-order valence-electron chi connectivity index (χ1n) is 9.05. The zero-order valence-corrected chi connectivity index (χ0v) is 16.9. The van der Waals surface area contributed by atoms with Crippen molar-refractivity contribution in [3.05, 3.63) is 58.2 Å². The molecule has 2 heterocycles. The number of aromatic nitrogens is 1. The van der Waals surface area contributed by atoms with Crippen LogP contribution in [0.5, 0.6) is 0 Å². The average molecular weight is 456 g/mol. The Morgan fingerprint density at radius 3 is 2.79 bits per heavy atom. The van der Waals surface area contributed by atoms with E-state index in [4.69, 9.17) is 0 Å². The van der Waals surface area contributed by atoms with Crippen LogP contribution in [0.15, 0.2) is 47.1 Å². The van der Waals surface area contributed by atoms with Crippen LogP contribution in [0, 0.1) is 5.92 Å². The Balaban J connectivity index is 1.59. The molecule has 1 aromatic heterocycles. The van der Waals surface area contributed by atoms with Crippen molar-refractivity contribution in [1.29, 1.82) is 0 Å². The summed E-state index contributed by atoms with van der Waals surface area (Å²) in [6, 6.07) is 10.9. The van der Waals surface area contributed by atoms with Crippen LogP contribution >= 0.6 is 15.9 Å². The summed E-state index contributed by atoms with van der Waals surface area (Å²) in [4.78, 5) is 18.6. The lowest BCUT2D eigenvalue weighted by molar-refractivity contribution is -0.142. The van der Waals surface area contributed by atoms with E-state index < -0.39 is 18.5 Å². The van der Waals surface area contributed by atoms with Crippen molar-refractivity contribution < 1.29 is 18.0 Å². The third-order valence-electron chi connectivity index (χ3n) is 4.84. The van der Waals surface area contributed by atoms with E-state index in [0.29, 0.717) is 30.9 Å². The van der Waals surface area contributed by atoms with Gasteiger partial charge in [0.05, 0.1) is 11.6 Å². The Hall–Kier alpha value is -2.09. The van der Waals surface area contributed by atoms with Crippen LogP contribution in [0.3, 0.4) is 0 Å². The van der Waals surface area contributed by atoms with Crippen LogP contribution < -0.4 is 10.2 Å². The Labute approximate surface area is 170 Å². The second kappa shape index (κ2) is 8.51. The molecule has 2 aromatic rings. The van der Waals surface area contributed by atoms with E-state index in [1.807, 2.05) is 36.1 Å². The number of hydrogen-bond donors (Lipinski definition) is 1. The van der Waals surface area contributed by atoms with Crippen molar-refractivity contribution >= 4 is 27.7 Å². The quantitative estimate of drug-likeness (QED) is 0.680. The van der Waals surface area contributed by atoms with Crippen LogP contribution in [-0.2, 0) is 0 Å². The standard InChI is InChI=1S/C20H21BrF3N3O/c1-13(15-3-2-4-17(21)9-15)26-19(28)16-5-6-18(25-11-16)27-8-7-14(12-27)10-20(22,23)24/h2-6,9,11,13-14H,7-8,10,12H2,1H3,(H,26,28). The summed E-state index contributed by atoms with van der Waals surface area (Å²) in [5.74, 6) is -0.0556. The Bertz CT molecular complexity index is 826. The van der Waals surface area contributed by atoms with Gasteiger partial charge in [0.2, 0.25) is 0 Å². The molecule has 1 N–H and O–H groups in total. The number of carbonyl (C=O) groups excluding carboxylic acids is 1. The average Bonchev–Trinajstić information content (AvgIpc) is 3.08. The van der Waals surface area contributed by atoms with E-state index in [1.165, 1.54) is 6.20 Å². The number of halogens is 4. The number of amides is 1. The van der Waals surface area contributed by atoms with Crippen molar-refractivity contribution in [3.63, 3.8) is 0 Å². The molecule has 1 aromatic carbocycles. The number of alkyl halides is 3. The molecule has 1 aliphatic heterocycles. The summed E-state index contributed by atoms with van der Waals surface area (Å²) in [5.41, 5.74) is 1.39. The molecular weight excluding hydrogens is 435 g/mol. The zero-order chi connectivity index (χ0) is 20.3. The molecule has 4 nitrogen and oxygen atoms in total. The third kappa shape index (κ3) is 5.47. The topological polar surface area (TPSA) is 45.2 Å². The summed E-state index contributed by atoms with van der Waals surface area (Å²) in [7, 11) is 0. The van der Waals surface area contributed by atoms with E-state index >= 15 is 0 Å². The van der Waals surface area contributed by atoms with Gasteiger partial charge in [0.15, 0.2) is 0 Å². The minimum absolute atomic E-state index is 0.175. The number of rotatable bonds is 5. The van der Waals surface area contributed by atoms with Crippen molar-refractivity contribution in [2.24, 2.45) is 5.92 Å². The van der Waals surface area contributed by atoms with Gasteiger partial charge < -0.3 is 10.2 Å². The van der Waals surface area contributed by atoms with Crippen LogP contribution in [-0.4, -0.2) is 30.2 Å². The van der Waals surface area contributed by atoms with E-state index in [0.717, 1.165) is 10.0 Å². The highest BCUT2D eigenvalue weighted by Gasteiger charge is 2.35. The molecule has 8 heteroatoms. The van der Waals surface area contributed by atoms with Gasteiger partial charge >= 0.3 is 6.18 Å². The van der Waals surface area contributed by atoms with Gasteiger partial charge in [0.1, 0.15) is 5.82 Å². The molecule has 2 unspecified atom stereocenters. The molecule has 0 spiro atoms. The molecule has 0 saturated carbocycles. The molecule has 28 heavy (non-hydrogen) atoms. The van der Waals surface area contributed by atoms with Crippen LogP contribution in [0.2, 0.25) is 0 Å². The zero-order valence-electron chi connectivity index (χ0n) is 15.3. The van der Waals surface area contributed by atoms with Gasteiger partial charge in [-0.25, -0.2) is 4.98 Å². The lowest BCUT2D eigenvalue weighted by Gasteiger charge is -2.19. The predicted molar refractivity (Wildman–Crippen MR) is 105 cm³/mol. The summed E-state index contributed by atoms with van der Waals surface area (Å²) >= 11 is 3.41. The molecule has 1 aliphatic rings. The second-order valence-electron chi connectivity index (χ2n) is 7.08. The van der Waals surface area contributed by atoms with Crippen molar-refractivity contribution in [3.8, 4) is 0 Å². The van der Waals surface area contributed by atoms with Crippen LogP contribution in [0.4, 0.5) is 19.0 Å². The first-order chi connectivity index (χ1) is 13.2. The maximum Gasteiger partial charge on any atom is 0.389 e.